The number of amides is 1. The number of hydrogen-bond donors (Lipinski definition) is 1. The number of benzene rings is 1. The standard InChI is InChI=1S/C15H16ClNO2S/c1-9-4-5-12(19-3)11(8-9)10(2)17-15(18)13-6-7-14(16)20-13/h4-8,10H,1-3H3,(H,17,18)/t10-/m0/s1. The summed E-state index contributed by atoms with van der Waals surface area (Å²) >= 11 is 7.11. The molecule has 0 saturated carbocycles. The number of carbonyl (C=O) groups is 1. The Labute approximate surface area is 127 Å². The smallest absolute Gasteiger partial charge is 0.261 e. The van der Waals surface area contributed by atoms with Gasteiger partial charge in [-0.25, -0.2) is 0 Å². The Hall–Kier alpha value is -1.52. The van der Waals surface area contributed by atoms with Crippen molar-refractivity contribution in [1.82, 2.24) is 5.32 Å². The van der Waals surface area contributed by atoms with E-state index in [1.165, 1.54) is 11.3 Å². The van der Waals surface area contributed by atoms with Crippen LogP contribution in [0.15, 0.2) is 30.3 Å². The molecule has 1 atom stereocenters. The van der Waals surface area contributed by atoms with Gasteiger partial charge in [-0.1, -0.05) is 29.3 Å². The Morgan fingerprint density at radius 1 is 1.35 bits per heavy atom. The zero-order valence-corrected chi connectivity index (χ0v) is 13.1. The first-order valence-corrected chi connectivity index (χ1v) is 7.41. The average molecular weight is 310 g/mol. The molecule has 1 aromatic heterocycles. The Morgan fingerprint density at radius 3 is 2.70 bits per heavy atom. The van der Waals surface area contributed by atoms with E-state index in [1.54, 1.807) is 19.2 Å². The molecule has 106 valence electrons. The molecule has 1 aromatic carbocycles. The van der Waals surface area contributed by atoms with Crippen LogP contribution >= 0.6 is 22.9 Å². The Kier molecular flexibility index (Phi) is 4.68. The summed E-state index contributed by atoms with van der Waals surface area (Å²) in [6.45, 7) is 3.95. The monoisotopic (exact) mass is 309 g/mol. The van der Waals surface area contributed by atoms with Crippen molar-refractivity contribution in [1.29, 1.82) is 0 Å². The third-order valence-electron chi connectivity index (χ3n) is 3.00. The zero-order chi connectivity index (χ0) is 14.7. The first-order chi connectivity index (χ1) is 9.51. The van der Waals surface area contributed by atoms with Crippen molar-refractivity contribution < 1.29 is 9.53 Å². The minimum Gasteiger partial charge on any atom is -0.496 e. The molecule has 0 bridgehead atoms. The molecule has 2 rings (SSSR count). The summed E-state index contributed by atoms with van der Waals surface area (Å²) in [5.74, 6) is 0.644. The number of ether oxygens (including phenoxy) is 1. The fraction of sp³-hybridized carbons (Fsp3) is 0.267. The lowest BCUT2D eigenvalue weighted by Crippen LogP contribution is -2.26. The van der Waals surface area contributed by atoms with Crippen molar-refractivity contribution in [2.45, 2.75) is 19.9 Å². The van der Waals surface area contributed by atoms with E-state index >= 15 is 0 Å². The maximum absolute atomic E-state index is 12.1. The van der Waals surface area contributed by atoms with Gasteiger partial charge in [-0.2, -0.15) is 0 Å². The van der Waals surface area contributed by atoms with Gasteiger partial charge in [0.05, 0.1) is 22.4 Å². The summed E-state index contributed by atoms with van der Waals surface area (Å²) in [6, 6.07) is 9.22. The minimum absolute atomic E-state index is 0.127. The lowest BCUT2D eigenvalue weighted by Gasteiger charge is -2.17. The number of hydrogen-bond acceptors (Lipinski definition) is 3. The maximum Gasteiger partial charge on any atom is 0.261 e. The second-order valence-corrected chi connectivity index (χ2v) is 6.26. The number of aryl methyl sites for hydroxylation is 1. The van der Waals surface area contributed by atoms with Crippen LogP contribution in [0.4, 0.5) is 0 Å². The topological polar surface area (TPSA) is 38.3 Å². The first kappa shape index (κ1) is 14.9. The highest BCUT2D eigenvalue weighted by Crippen LogP contribution is 2.27. The van der Waals surface area contributed by atoms with E-state index in [9.17, 15) is 4.79 Å². The number of nitrogens with one attached hydrogen (secondary N) is 1. The van der Waals surface area contributed by atoms with Crippen molar-refractivity contribution in [2.75, 3.05) is 7.11 Å². The van der Waals surface area contributed by atoms with Crippen LogP contribution in [-0.2, 0) is 0 Å². The fourth-order valence-corrected chi connectivity index (χ4v) is 2.92. The normalized spacial score (nSPS) is 12.0. The highest BCUT2D eigenvalue weighted by molar-refractivity contribution is 7.17. The maximum atomic E-state index is 12.1. The van der Waals surface area contributed by atoms with E-state index in [4.69, 9.17) is 16.3 Å². The molecule has 1 N–H and O–H groups in total. The second kappa shape index (κ2) is 6.29. The molecule has 0 aliphatic heterocycles. The molecule has 0 fully saturated rings. The van der Waals surface area contributed by atoms with Crippen LogP contribution in [0.2, 0.25) is 4.34 Å². The molecule has 20 heavy (non-hydrogen) atoms. The van der Waals surface area contributed by atoms with Crippen molar-refractivity contribution in [2.24, 2.45) is 0 Å². The fourth-order valence-electron chi connectivity index (χ4n) is 1.97. The van der Waals surface area contributed by atoms with Gasteiger partial charge in [-0.15, -0.1) is 11.3 Å². The van der Waals surface area contributed by atoms with Gasteiger partial charge in [0.15, 0.2) is 0 Å². The third-order valence-corrected chi connectivity index (χ3v) is 4.23. The molecule has 0 aliphatic rings. The molecule has 2 aromatic rings. The van der Waals surface area contributed by atoms with Gasteiger partial charge in [0.25, 0.3) is 5.91 Å². The van der Waals surface area contributed by atoms with Crippen LogP contribution in [0.5, 0.6) is 5.75 Å². The van der Waals surface area contributed by atoms with Crippen LogP contribution < -0.4 is 10.1 Å². The summed E-state index contributed by atoms with van der Waals surface area (Å²) in [7, 11) is 1.63. The Balaban J connectivity index is 2.17. The second-order valence-electron chi connectivity index (χ2n) is 4.54. The molecule has 1 heterocycles. The Morgan fingerprint density at radius 2 is 2.10 bits per heavy atom. The van der Waals surface area contributed by atoms with E-state index in [1.807, 2.05) is 32.0 Å². The molecule has 1 amide bonds. The Bertz CT molecular complexity index is 624. The summed E-state index contributed by atoms with van der Waals surface area (Å²) < 4.78 is 5.95. The van der Waals surface area contributed by atoms with Crippen LogP contribution in [0.25, 0.3) is 0 Å². The largest absolute Gasteiger partial charge is 0.496 e. The number of halogens is 1. The minimum atomic E-state index is -0.141. The van der Waals surface area contributed by atoms with Crippen molar-refractivity contribution in [3.8, 4) is 5.75 Å². The molecule has 0 saturated heterocycles. The summed E-state index contributed by atoms with van der Waals surface area (Å²) in [5, 5.41) is 2.96. The first-order valence-electron chi connectivity index (χ1n) is 6.22. The van der Waals surface area contributed by atoms with Gasteiger partial charge < -0.3 is 10.1 Å². The molecular formula is C15H16ClNO2S. The molecule has 0 spiro atoms. The van der Waals surface area contributed by atoms with Crippen LogP contribution in [0, 0.1) is 6.92 Å². The number of rotatable bonds is 4. The van der Waals surface area contributed by atoms with E-state index in [-0.39, 0.29) is 11.9 Å². The molecule has 0 unspecified atom stereocenters. The molecule has 5 heteroatoms. The molecule has 0 aliphatic carbocycles. The molecule has 0 radical (unpaired) electrons. The van der Waals surface area contributed by atoms with Gasteiger partial charge in [0.2, 0.25) is 0 Å². The van der Waals surface area contributed by atoms with Crippen LogP contribution in [0.3, 0.4) is 0 Å². The molecule has 3 nitrogen and oxygen atoms in total. The number of methoxy groups -OCH3 is 1. The summed E-state index contributed by atoms with van der Waals surface area (Å²) in [4.78, 5) is 12.7. The van der Waals surface area contributed by atoms with E-state index in [2.05, 4.69) is 5.32 Å². The quantitative estimate of drug-likeness (QED) is 0.918. The zero-order valence-electron chi connectivity index (χ0n) is 11.6. The predicted molar refractivity (Wildman–Crippen MR) is 82.9 cm³/mol. The highest BCUT2D eigenvalue weighted by atomic mass is 35.5. The number of thiophene rings is 1. The van der Waals surface area contributed by atoms with Crippen molar-refractivity contribution in [3.63, 3.8) is 0 Å². The van der Waals surface area contributed by atoms with Gasteiger partial charge >= 0.3 is 0 Å². The van der Waals surface area contributed by atoms with Crippen molar-refractivity contribution >= 4 is 28.8 Å². The van der Waals surface area contributed by atoms with Crippen LogP contribution in [-0.4, -0.2) is 13.0 Å². The van der Waals surface area contributed by atoms with Gasteiger partial charge in [0, 0.05) is 5.56 Å². The van der Waals surface area contributed by atoms with Crippen LogP contribution in [0.1, 0.15) is 33.8 Å². The summed E-state index contributed by atoms with van der Waals surface area (Å²) in [5.41, 5.74) is 2.09. The molecular weight excluding hydrogens is 294 g/mol. The lowest BCUT2D eigenvalue weighted by atomic mass is 10.0. The summed E-state index contributed by atoms with van der Waals surface area (Å²) in [6.07, 6.45) is 0. The predicted octanol–water partition coefficient (Wildman–Crippen LogP) is 4.21. The highest BCUT2D eigenvalue weighted by Gasteiger charge is 2.16. The lowest BCUT2D eigenvalue weighted by molar-refractivity contribution is 0.0943. The SMILES string of the molecule is COc1ccc(C)cc1[C@H](C)NC(=O)c1ccc(Cl)s1. The van der Waals surface area contributed by atoms with Gasteiger partial charge in [-0.3, -0.25) is 4.79 Å². The average Bonchev–Trinajstić information content (AvgIpc) is 2.85. The number of carbonyl (C=O) groups excluding carboxylic acids is 1. The van der Waals surface area contributed by atoms with Gasteiger partial charge in [0.1, 0.15) is 5.75 Å². The van der Waals surface area contributed by atoms with Crippen molar-refractivity contribution in [3.05, 3.63) is 50.7 Å². The van der Waals surface area contributed by atoms with E-state index in [0.717, 1.165) is 16.9 Å². The third kappa shape index (κ3) is 3.32. The van der Waals surface area contributed by atoms with Gasteiger partial charge in [-0.05, 0) is 32.0 Å². The van der Waals surface area contributed by atoms with E-state index < -0.39 is 0 Å². The van der Waals surface area contributed by atoms with E-state index in [0.29, 0.717) is 9.21 Å².